The van der Waals surface area contributed by atoms with Gasteiger partial charge in [-0.25, -0.2) is 0 Å². The van der Waals surface area contributed by atoms with E-state index in [9.17, 15) is 22.8 Å². The average molecular weight is 345 g/mol. The predicted molar refractivity (Wildman–Crippen MR) is 83.4 cm³/mol. The molecule has 1 N–H and O–H groups in total. The lowest BCUT2D eigenvalue weighted by molar-refractivity contribution is -0.274. The summed E-state index contributed by atoms with van der Waals surface area (Å²) < 4.78 is 40.8. The van der Waals surface area contributed by atoms with Gasteiger partial charge in [0.05, 0.1) is 12.5 Å². The number of hydrogen-bond donors (Lipinski definition) is 1. The van der Waals surface area contributed by atoms with Crippen LogP contribution in [0.3, 0.4) is 0 Å². The van der Waals surface area contributed by atoms with E-state index in [1.807, 2.05) is 0 Å². The van der Waals surface area contributed by atoms with Crippen LogP contribution in [0.5, 0.6) is 5.75 Å². The first-order valence-corrected chi connectivity index (χ1v) is 7.60. The lowest BCUT2D eigenvalue weighted by atomic mass is 9.89. The van der Waals surface area contributed by atoms with Crippen molar-refractivity contribution in [3.63, 3.8) is 0 Å². The molecule has 0 radical (unpaired) electrons. The molecule has 134 valence electrons. The van der Waals surface area contributed by atoms with E-state index in [4.69, 9.17) is 0 Å². The smallest absolute Gasteiger partial charge is 0.406 e. The Hall–Kier alpha value is -2.05. The number of halogens is 3. The van der Waals surface area contributed by atoms with Gasteiger partial charge in [0.25, 0.3) is 0 Å². The minimum atomic E-state index is -4.78. The molecule has 0 heterocycles. The number of ketones is 1. The number of Topliss-reactive ketones (excluding diaryl/α,β-unsaturated/α-hetero) is 1. The second-order valence-corrected chi connectivity index (χ2v) is 6.50. The Balaban J connectivity index is 2.81. The van der Waals surface area contributed by atoms with Gasteiger partial charge in [-0.3, -0.25) is 9.59 Å². The third kappa shape index (κ3) is 6.60. The van der Waals surface area contributed by atoms with E-state index in [0.29, 0.717) is 12.0 Å². The van der Waals surface area contributed by atoms with Crippen LogP contribution in [0.1, 0.15) is 52.1 Å². The number of rotatable bonds is 6. The summed E-state index contributed by atoms with van der Waals surface area (Å²) in [4.78, 5) is 23.9. The van der Waals surface area contributed by atoms with Crippen molar-refractivity contribution < 1.29 is 27.5 Å². The average Bonchev–Trinajstić information content (AvgIpc) is 2.42. The van der Waals surface area contributed by atoms with Crippen LogP contribution < -0.4 is 10.1 Å². The van der Waals surface area contributed by atoms with Gasteiger partial charge >= 0.3 is 6.36 Å². The first kappa shape index (κ1) is 20.0. The van der Waals surface area contributed by atoms with Gasteiger partial charge in [0.15, 0.2) is 0 Å². The van der Waals surface area contributed by atoms with Crippen LogP contribution in [-0.2, 0) is 9.59 Å². The van der Waals surface area contributed by atoms with Crippen LogP contribution in [0.25, 0.3) is 0 Å². The summed E-state index contributed by atoms with van der Waals surface area (Å²) in [7, 11) is 0. The Morgan fingerprint density at radius 3 is 2.33 bits per heavy atom. The van der Waals surface area contributed by atoms with Crippen molar-refractivity contribution in [3.05, 3.63) is 29.8 Å². The third-order valence-corrected chi connectivity index (χ3v) is 3.40. The maximum atomic E-state index is 12.3. The van der Waals surface area contributed by atoms with Gasteiger partial charge in [-0.15, -0.1) is 13.2 Å². The van der Waals surface area contributed by atoms with Gasteiger partial charge in [-0.1, -0.05) is 39.8 Å². The molecule has 0 bridgehead atoms. The molecule has 0 aliphatic heterocycles. The lowest BCUT2D eigenvalue weighted by Crippen LogP contribution is -2.33. The fourth-order valence-corrected chi connectivity index (χ4v) is 2.01. The predicted octanol–water partition coefficient (Wildman–Crippen LogP) is 4.16. The Morgan fingerprint density at radius 2 is 1.83 bits per heavy atom. The first-order valence-electron chi connectivity index (χ1n) is 7.60. The largest absolute Gasteiger partial charge is 0.573 e. The van der Waals surface area contributed by atoms with Crippen molar-refractivity contribution in [2.75, 3.05) is 0 Å². The van der Waals surface area contributed by atoms with Gasteiger partial charge in [0.2, 0.25) is 5.91 Å². The zero-order valence-corrected chi connectivity index (χ0v) is 14.2. The summed E-state index contributed by atoms with van der Waals surface area (Å²) in [5.74, 6) is -1.01. The number of ether oxygens (including phenoxy) is 1. The molecule has 24 heavy (non-hydrogen) atoms. The molecule has 0 aromatic heterocycles. The highest BCUT2D eigenvalue weighted by Crippen LogP contribution is 2.27. The Kier molecular flexibility index (Phi) is 6.40. The summed E-state index contributed by atoms with van der Waals surface area (Å²) in [5, 5.41) is 2.68. The van der Waals surface area contributed by atoms with Gasteiger partial charge < -0.3 is 10.1 Å². The van der Waals surface area contributed by atoms with Crippen molar-refractivity contribution in [2.45, 2.75) is 52.9 Å². The van der Waals surface area contributed by atoms with Crippen molar-refractivity contribution in [2.24, 2.45) is 5.41 Å². The fraction of sp³-hybridized carbons (Fsp3) is 0.529. The van der Waals surface area contributed by atoms with E-state index in [1.165, 1.54) is 18.2 Å². The number of benzene rings is 1. The normalized spacial score (nSPS) is 13.3. The van der Waals surface area contributed by atoms with E-state index >= 15 is 0 Å². The summed E-state index contributed by atoms with van der Waals surface area (Å²) >= 11 is 0. The van der Waals surface area contributed by atoms with Crippen LogP contribution in [0.15, 0.2) is 24.3 Å². The van der Waals surface area contributed by atoms with Crippen LogP contribution in [0.2, 0.25) is 0 Å². The molecule has 0 fully saturated rings. The second-order valence-electron chi connectivity index (χ2n) is 6.50. The van der Waals surface area contributed by atoms with Gasteiger partial charge in [0, 0.05) is 5.41 Å². The highest BCUT2D eigenvalue weighted by atomic mass is 19.4. The minimum absolute atomic E-state index is 0.205. The first-order chi connectivity index (χ1) is 10.9. The van der Waals surface area contributed by atoms with Gasteiger partial charge in [-0.05, 0) is 24.1 Å². The molecule has 0 spiro atoms. The number of carbonyl (C=O) groups excluding carboxylic acids is 2. The zero-order chi connectivity index (χ0) is 18.5. The van der Waals surface area contributed by atoms with Crippen LogP contribution in [0, 0.1) is 5.41 Å². The van der Waals surface area contributed by atoms with Gasteiger partial charge in [0.1, 0.15) is 11.5 Å². The van der Waals surface area contributed by atoms with Crippen molar-refractivity contribution >= 4 is 11.7 Å². The highest BCUT2D eigenvalue weighted by Gasteiger charge is 2.31. The lowest BCUT2D eigenvalue weighted by Gasteiger charge is -2.20. The summed E-state index contributed by atoms with van der Waals surface area (Å²) in [6, 6.07) is 4.94. The van der Waals surface area contributed by atoms with Crippen molar-refractivity contribution in [1.29, 1.82) is 0 Å². The van der Waals surface area contributed by atoms with Crippen LogP contribution >= 0.6 is 0 Å². The molecule has 0 unspecified atom stereocenters. The number of nitrogens with one attached hydrogen (secondary N) is 1. The Labute approximate surface area is 139 Å². The standard InChI is InChI=1S/C17H22F3NO3/c1-5-13(21-15(23)10-14(22)16(2,3)4)11-7-6-8-12(9-11)24-17(18,19)20/h6-9,13H,5,10H2,1-4H3,(H,21,23)/t13-/m0/s1. The Morgan fingerprint density at radius 1 is 1.21 bits per heavy atom. The molecule has 1 aromatic rings. The van der Waals surface area contributed by atoms with E-state index in [2.05, 4.69) is 10.1 Å². The van der Waals surface area contributed by atoms with Gasteiger partial charge in [-0.2, -0.15) is 0 Å². The number of amides is 1. The molecular weight excluding hydrogens is 323 g/mol. The zero-order valence-electron chi connectivity index (χ0n) is 14.2. The SMILES string of the molecule is CC[C@H](NC(=O)CC(=O)C(C)(C)C)c1cccc(OC(F)(F)F)c1. The quantitative estimate of drug-likeness (QED) is 0.788. The number of hydrogen-bond acceptors (Lipinski definition) is 3. The molecule has 1 rings (SSSR count). The van der Waals surface area contributed by atoms with E-state index in [0.717, 1.165) is 0 Å². The van der Waals surface area contributed by atoms with Crippen LogP contribution in [0.4, 0.5) is 13.2 Å². The second kappa shape index (κ2) is 7.68. The summed E-state index contributed by atoms with van der Waals surface area (Å²) in [5.41, 5.74) is -0.143. The van der Waals surface area contributed by atoms with E-state index < -0.39 is 23.7 Å². The van der Waals surface area contributed by atoms with Crippen molar-refractivity contribution in [3.8, 4) is 5.75 Å². The summed E-state index contributed by atoms with van der Waals surface area (Å²) in [6.45, 7) is 6.95. The molecule has 0 saturated carbocycles. The Bertz CT molecular complexity index is 591. The molecule has 1 atom stereocenters. The topological polar surface area (TPSA) is 55.4 Å². The molecular formula is C17H22F3NO3. The van der Waals surface area contributed by atoms with E-state index in [1.54, 1.807) is 33.8 Å². The molecule has 0 aliphatic carbocycles. The fourth-order valence-electron chi connectivity index (χ4n) is 2.01. The van der Waals surface area contributed by atoms with E-state index in [-0.39, 0.29) is 18.0 Å². The van der Waals surface area contributed by atoms with Crippen molar-refractivity contribution in [1.82, 2.24) is 5.32 Å². The summed E-state index contributed by atoms with van der Waals surface area (Å²) in [6.07, 6.45) is -4.58. The molecule has 0 aliphatic rings. The molecule has 0 saturated heterocycles. The third-order valence-electron chi connectivity index (χ3n) is 3.40. The van der Waals surface area contributed by atoms with Crippen LogP contribution in [-0.4, -0.2) is 18.1 Å². The molecule has 7 heteroatoms. The maximum Gasteiger partial charge on any atom is 0.573 e. The number of alkyl halides is 3. The highest BCUT2D eigenvalue weighted by molar-refractivity contribution is 6.00. The molecule has 1 aromatic carbocycles. The maximum absolute atomic E-state index is 12.3. The molecule has 4 nitrogen and oxygen atoms in total. The molecule has 1 amide bonds. The monoisotopic (exact) mass is 345 g/mol. The minimum Gasteiger partial charge on any atom is -0.406 e. The number of carbonyl (C=O) groups is 2.